The molecule has 0 saturated heterocycles. The Bertz CT molecular complexity index is 969. The number of hydrogen-bond acceptors (Lipinski definition) is 4. The number of fused-ring (bicyclic) bond motifs is 1. The second-order valence-corrected chi connectivity index (χ2v) is 6.70. The quantitative estimate of drug-likeness (QED) is 0.598. The van der Waals surface area contributed by atoms with Crippen molar-refractivity contribution < 1.29 is 18.0 Å². The molecule has 3 aromatic rings. The van der Waals surface area contributed by atoms with Crippen LogP contribution >= 0.6 is 31.9 Å². The number of amides is 1. The normalized spacial score (nSPS) is 11.8. The Labute approximate surface area is 155 Å². The zero-order valence-corrected chi connectivity index (χ0v) is 15.6. The lowest BCUT2D eigenvalue weighted by Crippen LogP contribution is -2.16. The smallest absolute Gasteiger partial charge is 0.305 e. The molecular weight excluding hydrogens is 471 g/mol. The molecule has 3 rings (SSSR count). The van der Waals surface area contributed by atoms with Crippen LogP contribution in [0.5, 0.6) is 0 Å². The molecule has 0 spiro atoms. The standard InChI is InChI=1S/C14H8Br2F3N5O/c1-6-4-8(14(17,18)19)24-12(21-6)10(16)11(23-24)13(25)22-9-3-2-7(15)5-20-9/h2-5H,1H3,(H,20,22,25). The summed E-state index contributed by atoms with van der Waals surface area (Å²) in [6.07, 6.45) is -3.17. The molecule has 1 N–H and O–H groups in total. The van der Waals surface area contributed by atoms with Gasteiger partial charge in [0.25, 0.3) is 5.91 Å². The Kier molecular flexibility index (Phi) is 4.54. The van der Waals surface area contributed by atoms with Crippen molar-refractivity contribution in [3.63, 3.8) is 0 Å². The number of aromatic nitrogens is 4. The molecule has 25 heavy (non-hydrogen) atoms. The second kappa shape index (κ2) is 6.37. The lowest BCUT2D eigenvalue weighted by Gasteiger charge is -2.09. The average molecular weight is 479 g/mol. The number of nitrogens with one attached hydrogen (secondary N) is 1. The van der Waals surface area contributed by atoms with E-state index in [0.29, 0.717) is 8.99 Å². The summed E-state index contributed by atoms with van der Waals surface area (Å²) in [5, 5.41) is 6.25. The summed E-state index contributed by atoms with van der Waals surface area (Å²) in [6.45, 7) is 1.43. The van der Waals surface area contributed by atoms with Gasteiger partial charge in [-0.2, -0.15) is 18.3 Å². The molecule has 130 valence electrons. The highest BCUT2D eigenvalue weighted by Crippen LogP contribution is 2.32. The summed E-state index contributed by atoms with van der Waals surface area (Å²) in [7, 11) is 0. The van der Waals surface area contributed by atoms with E-state index in [1.54, 1.807) is 6.07 Å². The summed E-state index contributed by atoms with van der Waals surface area (Å²) in [5.74, 6) is -0.477. The predicted octanol–water partition coefficient (Wildman–Crippen LogP) is 4.23. The van der Waals surface area contributed by atoms with Gasteiger partial charge in [-0.05, 0) is 57.0 Å². The van der Waals surface area contributed by atoms with E-state index < -0.39 is 17.8 Å². The number of anilines is 1. The highest BCUT2D eigenvalue weighted by Gasteiger charge is 2.36. The summed E-state index contributed by atoms with van der Waals surface area (Å²) < 4.78 is 41.0. The van der Waals surface area contributed by atoms with Crippen LogP contribution in [0.15, 0.2) is 33.3 Å². The lowest BCUT2D eigenvalue weighted by molar-refractivity contribution is -0.142. The molecular formula is C14H8Br2F3N5O. The van der Waals surface area contributed by atoms with Gasteiger partial charge >= 0.3 is 6.18 Å². The summed E-state index contributed by atoms with van der Waals surface area (Å²) in [6, 6.07) is 4.06. The third-order valence-corrected chi connectivity index (χ3v) is 4.33. The van der Waals surface area contributed by atoms with E-state index in [9.17, 15) is 18.0 Å². The number of hydrogen-bond donors (Lipinski definition) is 1. The van der Waals surface area contributed by atoms with E-state index >= 15 is 0 Å². The Morgan fingerprint density at radius 3 is 2.60 bits per heavy atom. The van der Waals surface area contributed by atoms with Crippen molar-refractivity contribution in [2.75, 3.05) is 5.32 Å². The molecule has 0 radical (unpaired) electrons. The fourth-order valence-corrected chi connectivity index (χ4v) is 2.84. The minimum Gasteiger partial charge on any atom is -0.305 e. The third kappa shape index (κ3) is 3.52. The Hall–Kier alpha value is -2.01. The van der Waals surface area contributed by atoms with Crippen LogP contribution in [-0.4, -0.2) is 25.5 Å². The molecule has 1 amide bonds. The largest absolute Gasteiger partial charge is 0.433 e. The monoisotopic (exact) mass is 477 g/mol. The van der Waals surface area contributed by atoms with Crippen LogP contribution in [0.1, 0.15) is 21.9 Å². The molecule has 11 heteroatoms. The van der Waals surface area contributed by atoms with Gasteiger partial charge < -0.3 is 5.32 Å². The van der Waals surface area contributed by atoms with Crippen LogP contribution < -0.4 is 5.32 Å². The number of carbonyl (C=O) groups excluding carboxylic acids is 1. The topological polar surface area (TPSA) is 72.2 Å². The number of halogens is 5. The third-order valence-electron chi connectivity index (χ3n) is 3.14. The minimum atomic E-state index is -4.64. The first-order valence-electron chi connectivity index (χ1n) is 6.73. The fourth-order valence-electron chi connectivity index (χ4n) is 2.09. The van der Waals surface area contributed by atoms with E-state index in [0.717, 1.165) is 6.07 Å². The molecule has 3 aromatic heterocycles. The van der Waals surface area contributed by atoms with Crippen molar-refractivity contribution in [1.29, 1.82) is 0 Å². The first-order valence-corrected chi connectivity index (χ1v) is 8.31. The number of carbonyl (C=O) groups is 1. The first-order chi connectivity index (χ1) is 11.7. The number of rotatable bonds is 2. The van der Waals surface area contributed by atoms with E-state index in [4.69, 9.17) is 0 Å². The van der Waals surface area contributed by atoms with Gasteiger partial charge in [0.2, 0.25) is 0 Å². The van der Waals surface area contributed by atoms with Crippen molar-refractivity contribution in [3.8, 4) is 0 Å². The van der Waals surface area contributed by atoms with E-state index in [1.807, 2.05) is 0 Å². The van der Waals surface area contributed by atoms with E-state index in [2.05, 4.69) is 52.2 Å². The van der Waals surface area contributed by atoms with Crippen LogP contribution in [0.2, 0.25) is 0 Å². The Morgan fingerprint density at radius 1 is 1.28 bits per heavy atom. The summed E-state index contributed by atoms with van der Waals surface area (Å²) in [4.78, 5) is 20.4. The fraction of sp³-hybridized carbons (Fsp3) is 0.143. The van der Waals surface area contributed by atoms with Crippen molar-refractivity contribution in [2.24, 2.45) is 0 Å². The van der Waals surface area contributed by atoms with Gasteiger partial charge in [-0.25, -0.2) is 14.5 Å². The highest BCUT2D eigenvalue weighted by atomic mass is 79.9. The lowest BCUT2D eigenvalue weighted by atomic mass is 10.3. The number of alkyl halides is 3. The van der Waals surface area contributed by atoms with Gasteiger partial charge in [0, 0.05) is 16.4 Å². The van der Waals surface area contributed by atoms with Crippen LogP contribution in [0, 0.1) is 6.92 Å². The van der Waals surface area contributed by atoms with Gasteiger partial charge in [-0.1, -0.05) is 0 Å². The van der Waals surface area contributed by atoms with Crippen LogP contribution in [0.4, 0.5) is 19.0 Å². The Balaban J connectivity index is 2.06. The molecule has 3 heterocycles. The van der Waals surface area contributed by atoms with Crippen molar-refractivity contribution in [3.05, 3.63) is 50.4 Å². The summed E-state index contributed by atoms with van der Waals surface area (Å²) in [5.41, 5.74) is -1.19. The van der Waals surface area contributed by atoms with Crippen LogP contribution in [-0.2, 0) is 6.18 Å². The van der Waals surface area contributed by atoms with Gasteiger partial charge in [-0.15, -0.1) is 0 Å². The number of nitrogens with zero attached hydrogens (tertiary/aromatic N) is 4. The maximum absolute atomic E-state index is 13.2. The Morgan fingerprint density at radius 2 is 2.00 bits per heavy atom. The molecule has 0 aromatic carbocycles. The number of aryl methyl sites for hydroxylation is 1. The van der Waals surface area contributed by atoms with Gasteiger partial charge in [0.1, 0.15) is 11.5 Å². The predicted molar refractivity (Wildman–Crippen MR) is 90.3 cm³/mol. The summed E-state index contributed by atoms with van der Waals surface area (Å²) >= 11 is 6.32. The molecule has 0 atom stereocenters. The molecule has 0 bridgehead atoms. The van der Waals surface area contributed by atoms with Crippen molar-refractivity contribution in [2.45, 2.75) is 13.1 Å². The van der Waals surface area contributed by atoms with Gasteiger partial charge in [0.15, 0.2) is 11.3 Å². The molecule has 0 aliphatic heterocycles. The van der Waals surface area contributed by atoms with Crippen molar-refractivity contribution >= 4 is 49.2 Å². The van der Waals surface area contributed by atoms with E-state index in [-0.39, 0.29) is 27.3 Å². The molecule has 6 nitrogen and oxygen atoms in total. The first kappa shape index (κ1) is 17.8. The minimum absolute atomic E-state index is 0.0660. The SMILES string of the molecule is Cc1cc(C(F)(F)F)n2nc(C(=O)Nc3ccc(Br)cn3)c(Br)c2n1. The molecule has 0 saturated carbocycles. The second-order valence-electron chi connectivity index (χ2n) is 4.99. The molecule has 0 aliphatic rings. The van der Waals surface area contributed by atoms with Crippen molar-refractivity contribution in [1.82, 2.24) is 19.6 Å². The zero-order chi connectivity index (χ0) is 18.4. The highest BCUT2D eigenvalue weighted by molar-refractivity contribution is 9.11. The molecule has 0 unspecified atom stereocenters. The average Bonchev–Trinajstić information content (AvgIpc) is 2.85. The van der Waals surface area contributed by atoms with Crippen LogP contribution in [0.3, 0.4) is 0 Å². The van der Waals surface area contributed by atoms with Crippen LogP contribution in [0.25, 0.3) is 5.65 Å². The van der Waals surface area contributed by atoms with E-state index in [1.165, 1.54) is 19.2 Å². The zero-order valence-electron chi connectivity index (χ0n) is 12.4. The number of pyridine rings is 1. The molecule has 0 fully saturated rings. The van der Waals surface area contributed by atoms with Gasteiger partial charge in [-0.3, -0.25) is 4.79 Å². The maximum atomic E-state index is 13.2. The maximum Gasteiger partial charge on any atom is 0.433 e. The molecule has 0 aliphatic carbocycles. The van der Waals surface area contributed by atoms with Gasteiger partial charge in [0.05, 0.1) is 4.47 Å².